The van der Waals surface area contributed by atoms with Gasteiger partial charge in [0.2, 0.25) is 0 Å². The molecule has 0 saturated carbocycles. The summed E-state index contributed by atoms with van der Waals surface area (Å²) in [5.41, 5.74) is 7.80. The summed E-state index contributed by atoms with van der Waals surface area (Å²) >= 11 is 1.58. The van der Waals surface area contributed by atoms with Crippen LogP contribution in [0.25, 0.3) is 4.96 Å². The summed E-state index contributed by atoms with van der Waals surface area (Å²) in [7, 11) is 0. The lowest BCUT2D eigenvalue weighted by atomic mass is 10.0. The molecule has 0 spiro atoms. The molecule has 0 bridgehead atoms. The number of benzene rings is 1. The highest BCUT2D eigenvalue weighted by molar-refractivity contribution is 7.15. The first-order chi connectivity index (χ1) is 8.72. The molecule has 0 fully saturated rings. The lowest BCUT2D eigenvalue weighted by molar-refractivity contribution is 0.618. The van der Waals surface area contributed by atoms with Crippen molar-refractivity contribution in [2.24, 2.45) is 5.73 Å². The van der Waals surface area contributed by atoms with Crippen LogP contribution in [0.15, 0.2) is 42.0 Å². The monoisotopic (exact) mass is 261 g/mol. The van der Waals surface area contributed by atoms with Crippen LogP contribution >= 0.6 is 11.3 Å². The molecule has 0 aliphatic carbocycles. The van der Waals surface area contributed by atoms with E-state index in [9.17, 15) is 4.39 Å². The Morgan fingerprint density at radius 2 is 2.33 bits per heavy atom. The van der Waals surface area contributed by atoms with Gasteiger partial charge in [0.25, 0.3) is 0 Å². The van der Waals surface area contributed by atoms with Crippen LogP contribution in [0.2, 0.25) is 0 Å². The molecule has 2 heterocycles. The standard InChI is InChI=1S/C13H12FN3S/c14-10-3-1-2-9(6-10)12(15)7-11-8-17-4-5-18-13(17)16-11/h1-6,8,12H,7,15H2. The van der Waals surface area contributed by atoms with E-state index in [2.05, 4.69) is 4.98 Å². The van der Waals surface area contributed by atoms with Crippen molar-refractivity contribution in [2.75, 3.05) is 0 Å². The van der Waals surface area contributed by atoms with Crippen molar-refractivity contribution in [2.45, 2.75) is 12.5 Å². The van der Waals surface area contributed by atoms with Crippen LogP contribution < -0.4 is 5.73 Å². The minimum absolute atomic E-state index is 0.231. The second-order valence-corrected chi connectivity index (χ2v) is 5.06. The van der Waals surface area contributed by atoms with Gasteiger partial charge in [-0.2, -0.15) is 0 Å². The topological polar surface area (TPSA) is 43.3 Å². The molecule has 3 rings (SSSR count). The number of fused-ring (bicyclic) bond motifs is 1. The maximum atomic E-state index is 13.1. The summed E-state index contributed by atoms with van der Waals surface area (Å²) in [6, 6.07) is 6.18. The van der Waals surface area contributed by atoms with E-state index in [0.717, 1.165) is 16.2 Å². The molecule has 3 nitrogen and oxygen atoms in total. The lowest BCUT2D eigenvalue weighted by Gasteiger charge is -2.10. The third-order valence-corrected chi connectivity index (χ3v) is 3.62. The summed E-state index contributed by atoms with van der Waals surface area (Å²) in [6.07, 6.45) is 4.53. The van der Waals surface area contributed by atoms with E-state index in [-0.39, 0.29) is 11.9 Å². The van der Waals surface area contributed by atoms with Crippen molar-refractivity contribution in [1.29, 1.82) is 0 Å². The minimum atomic E-state index is -0.256. The van der Waals surface area contributed by atoms with Gasteiger partial charge in [-0.1, -0.05) is 12.1 Å². The minimum Gasteiger partial charge on any atom is -0.324 e. The molecule has 0 aliphatic rings. The molecule has 2 N–H and O–H groups in total. The average Bonchev–Trinajstić information content (AvgIpc) is 2.89. The Kier molecular flexibility index (Phi) is 2.85. The van der Waals surface area contributed by atoms with Gasteiger partial charge in [0.15, 0.2) is 4.96 Å². The molecule has 0 saturated heterocycles. The van der Waals surface area contributed by atoms with Gasteiger partial charge in [-0.25, -0.2) is 9.37 Å². The van der Waals surface area contributed by atoms with Crippen LogP contribution in [0.3, 0.4) is 0 Å². The zero-order valence-corrected chi connectivity index (χ0v) is 10.4. The number of rotatable bonds is 3. The number of thiazole rings is 1. The lowest BCUT2D eigenvalue weighted by Crippen LogP contribution is -2.13. The fraction of sp³-hybridized carbons (Fsp3) is 0.154. The maximum Gasteiger partial charge on any atom is 0.193 e. The Bertz CT molecular complexity index is 645. The van der Waals surface area contributed by atoms with Crippen molar-refractivity contribution in [1.82, 2.24) is 9.38 Å². The third kappa shape index (κ3) is 2.14. The van der Waals surface area contributed by atoms with Crippen molar-refractivity contribution < 1.29 is 4.39 Å². The van der Waals surface area contributed by atoms with Gasteiger partial charge in [-0.3, -0.25) is 4.40 Å². The highest BCUT2D eigenvalue weighted by Gasteiger charge is 2.11. The molecule has 18 heavy (non-hydrogen) atoms. The van der Waals surface area contributed by atoms with Gasteiger partial charge in [-0.15, -0.1) is 11.3 Å². The van der Waals surface area contributed by atoms with E-state index in [0.29, 0.717) is 6.42 Å². The Balaban J connectivity index is 1.81. The highest BCUT2D eigenvalue weighted by Crippen LogP contribution is 2.18. The smallest absolute Gasteiger partial charge is 0.193 e. The zero-order chi connectivity index (χ0) is 12.5. The summed E-state index contributed by atoms with van der Waals surface area (Å²) in [6.45, 7) is 0. The number of nitrogens with zero attached hydrogens (tertiary/aromatic N) is 2. The summed E-state index contributed by atoms with van der Waals surface area (Å²) in [5, 5.41) is 1.98. The molecule has 0 radical (unpaired) electrons. The predicted octanol–water partition coefficient (Wildman–Crippen LogP) is 2.78. The molecule has 0 aliphatic heterocycles. The highest BCUT2D eigenvalue weighted by atomic mass is 32.1. The van der Waals surface area contributed by atoms with Crippen molar-refractivity contribution in [3.63, 3.8) is 0 Å². The van der Waals surface area contributed by atoms with E-state index >= 15 is 0 Å². The number of aromatic nitrogens is 2. The number of imidazole rings is 1. The Morgan fingerprint density at radius 1 is 1.44 bits per heavy atom. The Morgan fingerprint density at radius 3 is 3.11 bits per heavy atom. The van der Waals surface area contributed by atoms with Gasteiger partial charge in [0.1, 0.15) is 5.82 Å². The second kappa shape index (κ2) is 4.51. The Labute approximate surface area is 108 Å². The zero-order valence-electron chi connectivity index (χ0n) is 9.58. The van der Waals surface area contributed by atoms with Crippen LogP contribution in [0.1, 0.15) is 17.3 Å². The SMILES string of the molecule is NC(Cc1cn2ccsc2n1)c1cccc(F)c1. The third-order valence-electron chi connectivity index (χ3n) is 2.85. The van der Waals surface area contributed by atoms with E-state index in [1.165, 1.54) is 12.1 Å². The fourth-order valence-electron chi connectivity index (χ4n) is 1.95. The first kappa shape index (κ1) is 11.4. The quantitative estimate of drug-likeness (QED) is 0.787. The number of halogens is 1. The van der Waals surface area contributed by atoms with Gasteiger partial charge in [0.05, 0.1) is 5.69 Å². The summed E-state index contributed by atoms with van der Waals surface area (Å²) < 4.78 is 15.1. The molecule has 92 valence electrons. The summed E-state index contributed by atoms with van der Waals surface area (Å²) in [4.78, 5) is 5.42. The Hall–Kier alpha value is -1.72. The summed E-state index contributed by atoms with van der Waals surface area (Å²) in [5.74, 6) is -0.256. The first-order valence-electron chi connectivity index (χ1n) is 5.64. The predicted molar refractivity (Wildman–Crippen MR) is 70.1 cm³/mol. The molecule has 5 heteroatoms. The van der Waals surface area contributed by atoms with Gasteiger partial charge in [-0.05, 0) is 17.7 Å². The van der Waals surface area contributed by atoms with E-state index in [4.69, 9.17) is 5.73 Å². The van der Waals surface area contributed by atoms with Crippen molar-refractivity contribution in [3.8, 4) is 0 Å². The van der Waals surface area contributed by atoms with Gasteiger partial charge >= 0.3 is 0 Å². The fourth-order valence-corrected chi connectivity index (χ4v) is 2.67. The molecular weight excluding hydrogens is 249 g/mol. The molecule has 1 atom stereocenters. The second-order valence-electron chi connectivity index (χ2n) is 4.19. The maximum absolute atomic E-state index is 13.1. The molecule has 1 aromatic carbocycles. The molecule has 3 aromatic rings. The van der Waals surface area contributed by atoms with E-state index in [1.807, 2.05) is 28.2 Å². The molecule has 2 aromatic heterocycles. The van der Waals surface area contributed by atoms with Crippen molar-refractivity contribution in [3.05, 3.63) is 59.1 Å². The van der Waals surface area contributed by atoms with Crippen molar-refractivity contribution >= 4 is 16.3 Å². The average molecular weight is 261 g/mol. The largest absolute Gasteiger partial charge is 0.324 e. The molecular formula is C13H12FN3S. The van der Waals surface area contributed by atoms with Crippen LogP contribution in [0.4, 0.5) is 4.39 Å². The van der Waals surface area contributed by atoms with Gasteiger partial charge in [0, 0.05) is 30.2 Å². The van der Waals surface area contributed by atoms with Crippen LogP contribution in [0.5, 0.6) is 0 Å². The van der Waals surface area contributed by atoms with Crippen LogP contribution in [-0.2, 0) is 6.42 Å². The molecule has 1 unspecified atom stereocenters. The number of nitrogens with two attached hydrogens (primary N) is 1. The van der Waals surface area contributed by atoms with E-state index in [1.54, 1.807) is 17.4 Å². The molecule has 0 amide bonds. The number of hydrogen-bond donors (Lipinski definition) is 1. The van der Waals surface area contributed by atoms with Gasteiger partial charge < -0.3 is 5.73 Å². The van der Waals surface area contributed by atoms with Crippen LogP contribution in [0, 0.1) is 5.82 Å². The normalized spacial score (nSPS) is 13.0. The first-order valence-corrected chi connectivity index (χ1v) is 6.52. The van der Waals surface area contributed by atoms with E-state index < -0.39 is 0 Å². The van der Waals surface area contributed by atoms with Crippen LogP contribution in [-0.4, -0.2) is 9.38 Å². The number of hydrogen-bond acceptors (Lipinski definition) is 3.